The summed E-state index contributed by atoms with van der Waals surface area (Å²) in [6.07, 6.45) is -5.24. The van der Waals surface area contributed by atoms with Gasteiger partial charge in [0.2, 0.25) is 11.8 Å². The molecule has 2 amide bonds. The van der Waals surface area contributed by atoms with Crippen LogP contribution in [0.5, 0.6) is 11.5 Å². The van der Waals surface area contributed by atoms with Crippen molar-refractivity contribution in [3.63, 3.8) is 0 Å². The van der Waals surface area contributed by atoms with E-state index in [0.29, 0.717) is 17.9 Å². The first kappa shape index (κ1) is 30.0. The third-order valence-corrected chi connectivity index (χ3v) is 9.13. The third-order valence-electron chi connectivity index (χ3n) is 7.62. The van der Waals surface area contributed by atoms with Crippen molar-refractivity contribution < 1.29 is 47.2 Å². The van der Waals surface area contributed by atoms with Gasteiger partial charge in [-0.05, 0) is 37.5 Å². The van der Waals surface area contributed by atoms with E-state index in [-0.39, 0.29) is 52.8 Å². The lowest BCUT2D eigenvalue weighted by molar-refractivity contribution is -0.163. The SMILES string of the molecule is COc1cc(CCNC(=O)[C@@H]2CC(SC3=C(C(=O)O)N4C(=O)[C@H](C(C)O)C4[C@H]3C)CN2)c(C(F)(F)F)cc1OC. The summed E-state index contributed by atoms with van der Waals surface area (Å²) in [6.45, 7) is 3.70. The average Bonchev–Trinajstić information content (AvgIpc) is 3.44. The number of carbonyl (C=O) groups is 3. The molecule has 10 nitrogen and oxygen atoms in total. The van der Waals surface area contributed by atoms with E-state index in [4.69, 9.17) is 9.47 Å². The van der Waals surface area contributed by atoms with Crippen molar-refractivity contribution in [3.05, 3.63) is 33.9 Å². The van der Waals surface area contributed by atoms with Crippen molar-refractivity contribution in [2.45, 2.75) is 56.3 Å². The molecule has 0 bridgehead atoms. The first-order valence-corrected chi connectivity index (χ1v) is 13.7. The standard InChI is InChI=1S/C26H32F3N3O7S/c1-11-20-19(12(2)33)24(35)32(20)21(25(36)37)22(11)40-14-8-16(31-10-14)23(34)30-6-5-13-7-17(38-3)18(39-4)9-15(13)26(27,28)29/h7,9,11-12,14,16,19-20,31,33H,5-6,8,10H2,1-4H3,(H,30,34)(H,36,37)/t11-,12?,14?,16+,19-,20?/m1/s1. The number of aliphatic carboxylic acids is 1. The van der Waals surface area contributed by atoms with E-state index in [1.807, 2.05) is 6.92 Å². The molecule has 3 heterocycles. The Bertz CT molecular complexity index is 1220. The molecule has 0 radical (unpaired) electrons. The third kappa shape index (κ3) is 5.48. The van der Waals surface area contributed by atoms with E-state index >= 15 is 0 Å². The highest BCUT2D eigenvalue weighted by molar-refractivity contribution is 8.03. The molecule has 0 saturated carbocycles. The van der Waals surface area contributed by atoms with E-state index in [1.54, 1.807) is 0 Å². The van der Waals surface area contributed by atoms with E-state index in [0.717, 1.165) is 6.07 Å². The largest absolute Gasteiger partial charge is 0.493 e. The molecule has 1 aromatic carbocycles. The topological polar surface area (TPSA) is 137 Å². The number of halogens is 3. The van der Waals surface area contributed by atoms with Gasteiger partial charge in [-0.25, -0.2) is 4.79 Å². The van der Waals surface area contributed by atoms with Crippen molar-refractivity contribution in [2.24, 2.45) is 11.8 Å². The van der Waals surface area contributed by atoms with Gasteiger partial charge in [0.15, 0.2) is 11.5 Å². The fraction of sp³-hybridized carbons (Fsp3) is 0.577. The van der Waals surface area contributed by atoms with E-state index in [2.05, 4.69) is 10.6 Å². The summed E-state index contributed by atoms with van der Waals surface area (Å²) >= 11 is 1.31. The van der Waals surface area contributed by atoms with Gasteiger partial charge in [0, 0.05) is 29.2 Å². The Balaban J connectivity index is 1.37. The van der Waals surface area contributed by atoms with Crippen molar-refractivity contribution in [3.8, 4) is 11.5 Å². The number of nitrogens with zero attached hydrogens (tertiary/aromatic N) is 1. The Morgan fingerprint density at radius 3 is 2.48 bits per heavy atom. The highest BCUT2D eigenvalue weighted by Gasteiger charge is 2.60. The minimum Gasteiger partial charge on any atom is -0.493 e. The number of amides is 2. The average molecular weight is 588 g/mol. The maximum atomic E-state index is 13.6. The van der Waals surface area contributed by atoms with Crippen molar-refractivity contribution in [1.29, 1.82) is 0 Å². The summed E-state index contributed by atoms with van der Waals surface area (Å²) in [5, 5.41) is 25.4. The molecule has 14 heteroatoms. The predicted molar refractivity (Wildman–Crippen MR) is 139 cm³/mol. The van der Waals surface area contributed by atoms with Crippen LogP contribution in [0.4, 0.5) is 13.2 Å². The second-order valence-corrected chi connectivity index (χ2v) is 11.5. The molecule has 1 aromatic rings. The van der Waals surface area contributed by atoms with Gasteiger partial charge in [-0.3, -0.25) is 9.59 Å². The van der Waals surface area contributed by atoms with Gasteiger partial charge >= 0.3 is 12.1 Å². The summed E-state index contributed by atoms with van der Waals surface area (Å²) < 4.78 is 50.9. The molecule has 2 fully saturated rings. The number of carbonyl (C=O) groups excluding carboxylic acids is 2. The molecule has 3 unspecified atom stereocenters. The van der Waals surface area contributed by atoms with Gasteiger partial charge in [0.25, 0.3) is 0 Å². The first-order valence-electron chi connectivity index (χ1n) is 12.8. The number of hydrogen-bond acceptors (Lipinski definition) is 8. The number of ether oxygens (including phenoxy) is 2. The quantitative estimate of drug-likeness (QED) is 0.303. The number of alkyl halides is 3. The summed E-state index contributed by atoms with van der Waals surface area (Å²) in [4.78, 5) is 39.1. The lowest BCUT2D eigenvalue weighted by Gasteiger charge is -2.46. The minimum atomic E-state index is -4.62. The number of aliphatic hydroxyl groups excluding tert-OH is 1. The molecule has 40 heavy (non-hydrogen) atoms. The van der Waals surface area contributed by atoms with Gasteiger partial charge in [-0.1, -0.05) is 6.92 Å². The number of carboxylic acid groups (broad SMARTS) is 1. The van der Waals surface area contributed by atoms with Crippen molar-refractivity contribution in [2.75, 3.05) is 27.3 Å². The molecule has 2 saturated heterocycles. The lowest BCUT2D eigenvalue weighted by atomic mass is 9.79. The van der Waals surface area contributed by atoms with Crippen LogP contribution >= 0.6 is 11.8 Å². The van der Waals surface area contributed by atoms with Gasteiger partial charge < -0.3 is 35.2 Å². The summed E-state index contributed by atoms with van der Waals surface area (Å²) in [6, 6.07) is 1.09. The Hall–Kier alpha value is -2.97. The van der Waals surface area contributed by atoms with Crippen molar-refractivity contribution in [1.82, 2.24) is 15.5 Å². The van der Waals surface area contributed by atoms with E-state index in [9.17, 15) is 37.8 Å². The van der Waals surface area contributed by atoms with Crippen LogP contribution in [0.1, 0.15) is 31.4 Å². The van der Waals surface area contributed by atoms with Crippen molar-refractivity contribution >= 4 is 29.5 Å². The zero-order chi connectivity index (χ0) is 29.5. The van der Waals surface area contributed by atoms with Crippen LogP contribution in [0.2, 0.25) is 0 Å². The molecule has 3 aliphatic rings. The molecule has 3 aliphatic heterocycles. The fourth-order valence-corrected chi connectivity index (χ4v) is 7.17. The lowest BCUT2D eigenvalue weighted by Crippen LogP contribution is -2.63. The molecule has 0 spiro atoms. The maximum Gasteiger partial charge on any atom is 0.416 e. The Kier molecular flexibility index (Phi) is 8.62. The summed E-state index contributed by atoms with van der Waals surface area (Å²) in [7, 11) is 2.57. The van der Waals surface area contributed by atoms with Crippen LogP contribution in [0, 0.1) is 11.8 Å². The van der Waals surface area contributed by atoms with Crippen LogP contribution in [-0.2, 0) is 27.0 Å². The van der Waals surface area contributed by atoms with E-state index in [1.165, 1.54) is 43.9 Å². The predicted octanol–water partition coefficient (Wildman–Crippen LogP) is 2.00. The zero-order valence-electron chi connectivity index (χ0n) is 22.4. The van der Waals surface area contributed by atoms with Crippen LogP contribution in [0.25, 0.3) is 0 Å². The molecule has 0 aliphatic carbocycles. The Morgan fingerprint density at radius 1 is 1.25 bits per heavy atom. The number of β-lactam (4-membered cyclic amide) rings is 1. The Morgan fingerprint density at radius 2 is 1.90 bits per heavy atom. The molecule has 0 aromatic heterocycles. The normalized spacial score (nSPS) is 26.9. The first-order chi connectivity index (χ1) is 18.8. The highest BCUT2D eigenvalue weighted by atomic mass is 32.2. The van der Waals surface area contributed by atoms with Crippen LogP contribution in [0.3, 0.4) is 0 Å². The van der Waals surface area contributed by atoms with Gasteiger partial charge in [0.05, 0.1) is 43.9 Å². The number of benzene rings is 1. The number of methoxy groups -OCH3 is 2. The van der Waals surface area contributed by atoms with E-state index < -0.39 is 47.7 Å². The number of rotatable bonds is 10. The number of nitrogens with one attached hydrogen (secondary N) is 2. The summed E-state index contributed by atoms with van der Waals surface area (Å²) in [5.74, 6) is -2.85. The van der Waals surface area contributed by atoms with Crippen LogP contribution in [0.15, 0.2) is 22.7 Å². The Labute approximate surface area is 233 Å². The smallest absolute Gasteiger partial charge is 0.416 e. The number of fused-ring (bicyclic) bond motifs is 1. The minimum absolute atomic E-state index is 0.0434. The van der Waals surface area contributed by atoms with Crippen LogP contribution in [-0.4, -0.2) is 83.6 Å². The molecular formula is C26H32F3N3O7S. The number of aliphatic hydroxyl groups is 1. The molecule has 4 rings (SSSR count). The second-order valence-electron chi connectivity index (χ2n) is 10.1. The highest BCUT2D eigenvalue weighted by Crippen LogP contribution is 2.51. The maximum absolute atomic E-state index is 13.6. The number of thioether (sulfide) groups is 1. The monoisotopic (exact) mass is 587 g/mol. The summed E-state index contributed by atoms with van der Waals surface area (Å²) in [5.41, 5.74) is -0.993. The fourth-order valence-electron chi connectivity index (χ4n) is 5.69. The van der Waals surface area contributed by atoms with Gasteiger partial charge in [-0.15, -0.1) is 11.8 Å². The number of hydrogen-bond donors (Lipinski definition) is 4. The number of carboxylic acids is 1. The molecular weight excluding hydrogens is 555 g/mol. The van der Waals surface area contributed by atoms with Crippen LogP contribution < -0.4 is 20.1 Å². The second kappa shape index (κ2) is 11.5. The van der Waals surface area contributed by atoms with Gasteiger partial charge in [-0.2, -0.15) is 13.2 Å². The molecule has 220 valence electrons. The molecule has 6 atom stereocenters. The zero-order valence-corrected chi connectivity index (χ0v) is 23.2. The van der Waals surface area contributed by atoms with Gasteiger partial charge in [0.1, 0.15) is 5.70 Å². The molecule has 4 N–H and O–H groups in total.